The number of ether oxygens (including phenoxy) is 1. The molecule has 0 unspecified atom stereocenters. The van der Waals surface area contributed by atoms with Gasteiger partial charge in [-0.2, -0.15) is 0 Å². The Morgan fingerprint density at radius 1 is 0.867 bits per heavy atom. The summed E-state index contributed by atoms with van der Waals surface area (Å²) in [5.41, 5.74) is 4.50. The van der Waals surface area contributed by atoms with Crippen LogP contribution in [0.15, 0.2) is 48.5 Å². The maximum Gasteiger partial charge on any atom is 0.253 e. The smallest absolute Gasteiger partial charge is 0.253 e. The first-order valence-corrected chi connectivity index (χ1v) is 11.4. The lowest BCUT2D eigenvalue weighted by atomic mass is 10.0. The molecule has 0 radical (unpaired) electrons. The van der Waals surface area contributed by atoms with Gasteiger partial charge in [0.25, 0.3) is 5.91 Å². The van der Waals surface area contributed by atoms with E-state index < -0.39 is 0 Å². The molecule has 0 aromatic heterocycles. The van der Waals surface area contributed by atoms with Crippen LogP contribution in [-0.2, 0) is 11.3 Å². The molecule has 160 valence electrons. The van der Waals surface area contributed by atoms with Crippen LogP contribution in [0.4, 0.5) is 0 Å². The van der Waals surface area contributed by atoms with E-state index in [2.05, 4.69) is 55.1 Å². The van der Waals surface area contributed by atoms with Crippen LogP contribution in [0.25, 0.3) is 0 Å². The molecule has 2 saturated heterocycles. The highest BCUT2D eigenvalue weighted by Crippen LogP contribution is 2.23. The summed E-state index contributed by atoms with van der Waals surface area (Å²) in [5, 5.41) is 0. The molecule has 2 aliphatic heterocycles. The van der Waals surface area contributed by atoms with Gasteiger partial charge < -0.3 is 9.64 Å². The summed E-state index contributed by atoms with van der Waals surface area (Å²) in [5.74, 6) is 0.162. The van der Waals surface area contributed by atoms with Crippen molar-refractivity contribution in [3.05, 3.63) is 70.8 Å². The zero-order chi connectivity index (χ0) is 20.9. The van der Waals surface area contributed by atoms with Crippen LogP contribution in [0.1, 0.15) is 52.7 Å². The number of carbonyl (C=O) groups is 1. The van der Waals surface area contributed by atoms with Crippen LogP contribution in [0, 0.1) is 13.8 Å². The SMILES string of the molecule is Cc1cc(C)cc(C(=O)N2CCC(OC3CCN(Cc4ccccc4)CC3)CC2)c1. The number of likely N-dealkylation sites (tertiary alicyclic amines) is 2. The summed E-state index contributed by atoms with van der Waals surface area (Å²) >= 11 is 0. The highest BCUT2D eigenvalue weighted by molar-refractivity contribution is 5.94. The van der Waals surface area contributed by atoms with Crippen LogP contribution in [0.3, 0.4) is 0 Å². The van der Waals surface area contributed by atoms with E-state index in [-0.39, 0.29) is 5.91 Å². The maximum atomic E-state index is 12.9. The van der Waals surface area contributed by atoms with Gasteiger partial charge in [-0.1, -0.05) is 47.5 Å². The molecule has 0 spiro atoms. The third kappa shape index (κ3) is 5.50. The van der Waals surface area contributed by atoms with E-state index >= 15 is 0 Å². The van der Waals surface area contributed by atoms with Crippen molar-refractivity contribution in [1.82, 2.24) is 9.80 Å². The molecule has 2 aliphatic rings. The van der Waals surface area contributed by atoms with E-state index in [1.165, 1.54) is 5.56 Å². The molecule has 4 heteroatoms. The van der Waals surface area contributed by atoms with Gasteiger partial charge in [0.15, 0.2) is 0 Å². The van der Waals surface area contributed by atoms with Crippen molar-refractivity contribution < 1.29 is 9.53 Å². The van der Waals surface area contributed by atoms with Gasteiger partial charge in [-0.3, -0.25) is 9.69 Å². The number of hydrogen-bond acceptors (Lipinski definition) is 3. The number of piperidine rings is 2. The van der Waals surface area contributed by atoms with Crippen molar-refractivity contribution in [2.75, 3.05) is 26.2 Å². The van der Waals surface area contributed by atoms with Gasteiger partial charge in [0.1, 0.15) is 0 Å². The van der Waals surface area contributed by atoms with Crippen LogP contribution in [-0.4, -0.2) is 54.1 Å². The van der Waals surface area contributed by atoms with E-state index in [1.54, 1.807) is 0 Å². The Kier molecular flexibility index (Phi) is 6.86. The van der Waals surface area contributed by atoms with Gasteiger partial charge in [0.05, 0.1) is 12.2 Å². The lowest BCUT2D eigenvalue weighted by Crippen LogP contribution is -2.43. The fourth-order valence-corrected chi connectivity index (χ4v) is 4.79. The Morgan fingerprint density at radius 3 is 2.03 bits per heavy atom. The number of nitrogens with zero attached hydrogens (tertiary/aromatic N) is 2. The largest absolute Gasteiger partial charge is 0.375 e. The van der Waals surface area contributed by atoms with E-state index in [9.17, 15) is 4.79 Å². The van der Waals surface area contributed by atoms with Crippen LogP contribution in [0.2, 0.25) is 0 Å². The molecular weight excluding hydrogens is 372 g/mol. The molecule has 0 aliphatic carbocycles. The minimum Gasteiger partial charge on any atom is -0.375 e. The summed E-state index contributed by atoms with van der Waals surface area (Å²) < 4.78 is 6.44. The number of hydrogen-bond donors (Lipinski definition) is 0. The molecule has 0 atom stereocenters. The number of aryl methyl sites for hydroxylation is 2. The Labute approximate surface area is 180 Å². The van der Waals surface area contributed by atoms with E-state index in [4.69, 9.17) is 4.74 Å². The van der Waals surface area contributed by atoms with Crippen molar-refractivity contribution in [2.45, 2.75) is 58.3 Å². The molecule has 2 aromatic carbocycles. The molecule has 4 nitrogen and oxygen atoms in total. The first-order valence-electron chi connectivity index (χ1n) is 11.4. The van der Waals surface area contributed by atoms with Gasteiger partial charge in [0, 0.05) is 38.3 Å². The normalized spacial score (nSPS) is 19.2. The minimum atomic E-state index is 0.162. The predicted octanol–water partition coefficient (Wildman–Crippen LogP) is 4.59. The topological polar surface area (TPSA) is 32.8 Å². The number of rotatable bonds is 5. The molecular formula is C26H34N2O2. The Morgan fingerprint density at radius 2 is 1.43 bits per heavy atom. The van der Waals surface area contributed by atoms with E-state index in [0.717, 1.165) is 75.1 Å². The summed E-state index contributed by atoms with van der Waals surface area (Å²) in [7, 11) is 0. The molecule has 4 rings (SSSR count). The zero-order valence-corrected chi connectivity index (χ0v) is 18.3. The predicted molar refractivity (Wildman–Crippen MR) is 121 cm³/mol. The first kappa shape index (κ1) is 21.1. The van der Waals surface area contributed by atoms with Gasteiger partial charge in [-0.05, 0) is 57.2 Å². The van der Waals surface area contributed by atoms with Crippen LogP contribution in [0.5, 0.6) is 0 Å². The molecule has 2 fully saturated rings. The van der Waals surface area contributed by atoms with Gasteiger partial charge >= 0.3 is 0 Å². The van der Waals surface area contributed by atoms with Crippen molar-refractivity contribution in [1.29, 1.82) is 0 Å². The highest BCUT2D eigenvalue weighted by atomic mass is 16.5. The molecule has 0 N–H and O–H groups in total. The summed E-state index contributed by atoms with van der Waals surface area (Å²) in [6, 6.07) is 16.8. The fraction of sp³-hybridized carbons (Fsp3) is 0.500. The lowest BCUT2D eigenvalue weighted by molar-refractivity contribution is -0.0629. The van der Waals surface area contributed by atoms with Gasteiger partial charge in [0.2, 0.25) is 0 Å². The number of benzene rings is 2. The number of amides is 1. The Balaban J connectivity index is 1.20. The Bertz CT molecular complexity index is 815. The second kappa shape index (κ2) is 9.76. The quantitative estimate of drug-likeness (QED) is 0.728. The summed E-state index contributed by atoms with van der Waals surface area (Å²) in [4.78, 5) is 17.4. The van der Waals surface area contributed by atoms with Crippen molar-refractivity contribution in [2.24, 2.45) is 0 Å². The molecule has 1 amide bonds. The lowest BCUT2D eigenvalue weighted by Gasteiger charge is -2.37. The minimum absolute atomic E-state index is 0.162. The highest BCUT2D eigenvalue weighted by Gasteiger charge is 2.28. The Hall–Kier alpha value is -2.17. The first-order chi connectivity index (χ1) is 14.6. The summed E-state index contributed by atoms with van der Waals surface area (Å²) in [6.07, 6.45) is 4.76. The third-order valence-electron chi connectivity index (χ3n) is 6.37. The maximum absolute atomic E-state index is 12.9. The molecule has 0 bridgehead atoms. The van der Waals surface area contributed by atoms with Crippen molar-refractivity contribution in [3.63, 3.8) is 0 Å². The number of carbonyl (C=O) groups excluding carboxylic acids is 1. The van der Waals surface area contributed by atoms with E-state index in [0.29, 0.717) is 12.2 Å². The third-order valence-corrected chi connectivity index (χ3v) is 6.37. The summed E-state index contributed by atoms with van der Waals surface area (Å²) in [6.45, 7) is 8.93. The average Bonchev–Trinajstić information content (AvgIpc) is 2.75. The molecule has 2 aromatic rings. The molecule has 2 heterocycles. The van der Waals surface area contributed by atoms with Crippen molar-refractivity contribution in [3.8, 4) is 0 Å². The van der Waals surface area contributed by atoms with Crippen molar-refractivity contribution >= 4 is 5.91 Å². The van der Waals surface area contributed by atoms with Crippen LogP contribution >= 0.6 is 0 Å². The monoisotopic (exact) mass is 406 g/mol. The van der Waals surface area contributed by atoms with Gasteiger partial charge in [-0.25, -0.2) is 0 Å². The average molecular weight is 407 g/mol. The standard InChI is InChI=1S/C26H34N2O2/c1-20-16-21(2)18-23(17-20)26(29)28-14-10-25(11-15-28)30-24-8-12-27(13-9-24)19-22-6-4-3-5-7-22/h3-7,16-18,24-25H,8-15,19H2,1-2H3. The van der Waals surface area contributed by atoms with Crippen LogP contribution < -0.4 is 0 Å². The second-order valence-corrected chi connectivity index (χ2v) is 8.97. The van der Waals surface area contributed by atoms with E-state index in [1.807, 2.05) is 17.0 Å². The van der Waals surface area contributed by atoms with Gasteiger partial charge in [-0.15, -0.1) is 0 Å². The molecule has 0 saturated carbocycles. The second-order valence-electron chi connectivity index (χ2n) is 8.97. The zero-order valence-electron chi connectivity index (χ0n) is 18.3. The molecule has 30 heavy (non-hydrogen) atoms. The fourth-order valence-electron chi connectivity index (χ4n) is 4.79.